The first kappa shape index (κ1) is 16.5. The number of carboxylic acid groups (broad SMARTS) is 1. The lowest BCUT2D eigenvalue weighted by atomic mass is 9.84. The minimum absolute atomic E-state index is 0.0408. The van der Waals surface area contributed by atoms with E-state index in [1.807, 2.05) is 11.8 Å². The molecule has 0 aromatic rings. The summed E-state index contributed by atoms with van der Waals surface area (Å²) in [5, 5.41) is 12.2. The van der Waals surface area contributed by atoms with E-state index in [9.17, 15) is 14.7 Å². The maximum absolute atomic E-state index is 12.4. The minimum atomic E-state index is -0.902. The number of aliphatic carboxylic acids is 1. The van der Waals surface area contributed by atoms with Crippen molar-refractivity contribution < 1.29 is 14.7 Å². The zero-order valence-electron chi connectivity index (χ0n) is 12.9. The first-order chi connectivity index (χ1) is 9.89. The normalized spacial score (nSPS) is 24.4. The summed E-state index contributed by atoms with van der Waals surface area (Å²) in [7, 11) is 0. The van der Waals surface area contributed by atoms with Crippen molar-refractivity contribution in [3.63, 3.8) is 0 Å². The second-order valence-electron chi connectivity index (χ2n) is 6.69. The molecule has 0 bridgehead atoms. The summed E-state index contributed by atoms with van der Waals surface area (Å²) in [4.78, 5) is 25.7. The van der Waals surface area contributed by atoms with Crippen LogP contribution >= 0.6 is 11.8 Å². The largest absolute Gasteiger partial charge is 0.480 e. The molecule has 21 heavy (non-hydrogen) atoms. The van der Waals surface area contributed by atoms with E-state index in [0.717, 1.165) is 31.4 Å². The Bertz CT molecular complexity index is 394. The second kappa shape index (κ2) is 6.90. The van der Waals surface area contributed by atoms with E-state index in [-0.39, 0.29) is 16.7 Å². The Kier molecular flexibility index (Phi) is 5.41. The van der Waals surface area contributed by atoms with Gasteiger partial charge in [-0.05, 0) is 32.6 Å². The lowest BCUT2D eigenvalue weighted by Gasteiger charge is -2.38. The molecule has 2 N–H and O–H groups in total. The van der Waals surface area contributed by atoms with Gasteiger partial charge in [0.05, 0.1) is 0 Å². The van der Waals surface area contributed by atoms with E-state index < -0.39 is 12.0 Å². The molecule has 1 saturated carbocycles. The van der Waals surface area contributed by atoms with Gasteiger partial charge < -0.3 is 15.3 Å². The van der Waals surface area contributed by atoms with Crippen LogP contribution in [0, 0.1) is 5.92 Å². The van der Waals surface area contributed by atoms with Crippen LogP contribution in [0.2, 0.25) is 0 Å². The van der Waals surface area contributed by atoms with Crippen molar-refractivity contribution in [3.8, 4) is 0 Å². The minimum Gasteiger partial charge on any atom is -0.480 e. The van der Waals surface area contributed by atoms with Gasteiger partial charge in [-0.3, -0.25) is 0 Å². The highest BCUT2D eigenvalue weighted by Crippen LogP contribution is 2.30. The van der Waals surface area contributed by atoms with Gasteiger partial charge in [0.15, 0.2) is 0 Å². The van der Waals surface area contributed by atoms with Crippen LogP contribution < -0.4 is 5.32 Å². The van der Waals surface area contributed by atoms with Crippen LogP contribution in [-0.2, 0) is 4.79 Å². The van der Waals surface area contributed by atoms with Crippen LogP contribution in [0.15, 0.2) is 0 Å². The van der Waals surface area contributed by atoms with E-state index in [1.165, 1.54) is 6.42 Å². The van der Waals surface area contributed by atoms with Crippen LogP contribution in [-0.4, -0.2) is 51.6 Å². The Morgan fingerprint density at radius 3 is 2.52 bits per heavy atom. The molecule has 0 spiro atoms. The van der Waals surface area contributed by atoms with Gasteiger partial charge in [-0.2, -0.15) is 11.8 Å². The van der Waals surface area contributed by atoms with Crippen molar-refractivity contribution in [1.29, 1.82) is 0 Å². The molecule has 0 aromatic heterocycles. The van der Waals surface area contributed by atoms with Crippen molar-refractivity contribution >= 4 is 23.8 Å². The van der Waals surface area contributed by atoms with Crippen molar-refractivity contribution in [1.82, 2.24) is 10.2 Å². The van der Waals surface area contributed by atoms with Crippen LogP contribution in [0.4, 0.5) is 4.79 Å². The molecule has 5 nitrogen and oxygen atoms in total. The number of urea groups is 1. The highest BCUT2D eigenvalue weighted by Gasteiger charge is 2.34. The predicted octanol–water partition coefficient (Wildman–Crippen LogP) is 2.56. The maximum atomic E-state index is 12.4. The molecule has 1 unspecified atom stereocenters. The molecule has 2 aliphatic rings. The maximum Gasteiger partial charge on any atom is 0.326 e. The highest BCUT2D eigenvalue weighted by atomic mass is 32.2. The Balaban J connectivity index is 1.96. The third-order valence-corrected chi connectivity index (χ3v) is 5.68. The average molecular weight is 314 g/mol. The molecule has 0 radical (unpaired) electrons. The van der Waals surface area contributed by atoms with E-state index in [2.05, 4.69) is 19.2 Å². The van der Waals surface area contributed by atoms with Gasteiger partial charge in [-0.25, -0.2) is 9.59 Å². The average Bonchev–Trinajstić information content (AvgIpc) is 2.44. The van der Waals surface area contributed by atoms with E-state index in [4.69, 9.17) is 0 Å². The number of nitrogens with zero attached hydrogens (tertiary/aromatic N) is 1. The first-order valence-electron chi connectivity index (χ1n) is 7.81. The monoisotopic (exact) mass is 314 g/mol. The van der Waals surface area contributed by atoms with Crippen LogP contribution in [0.3, 0.4) is 0 Å². The summed E-state index contributed by atoms with van der Waals surface area (Å²) in [5.74, 6) is 0.0787. The van der Waals surface area contributed by atoms with Crippen molar-refractivity contribution in [2.24, 2.45) is 5.92 Å². The summed E-state index contributed by atoms with van der Waals surface area (Å²) in [6.45, 7) is 5.59. The fourth-order valence-electron chi connectivity index (χ4n) is 3.26. The third kappa shape index (κ3) is 4.53. The van der Waals surface area contributed by atoms with E-state index in [0.29, 0.717) is 13.1 Å². The molecule has 1 aliphatic carbocycles. The molecule has 2 amide bonds. The lowest BCUT2D eigenvalue weighted by Crippen LogP contribution is -2.55. The summed E-state index contributed by atoms with van der Waals surface area (Å²) in [5.41, 5.74) is 0. The quantitative estimate of drug-likeness (QED) is 0.840. The zero-order chi connectivity index (χ0) is 15.5. The zero-order valence-corrected chi connectivity index (χ0v) is 13.7. The summed E-state index contributed by atoms with van der Waals surface area (Å²) in [6.07, 6.45) is 5.11. The molecule has 1 atom stereocenters. The Morgan fingerprint density at radius 1 is 1.29 bits per heavy atom. The van der Waals surface area contributed by atoms with Gasteiger partial charge in [-0.15, -0.1) is 0 Å². The summed E-state index contributed by atoms with van der Waals surface area (Å²) < 4.78 is 0.0408. The van der Waals surface area contributed by atoms with Crippen LogP contribution in [0.5, 0.6) is 0 Å². The van der Waals surface area contributed by atoms with Crippen LogP contribution in [0.1, 0.15) is 46.0 Å². The predicted molar refractivity (Wildman–Crippen MR) is 84.6 cm³/mol. The number of carboxylic acids is 1. The van der Waals surface area contributed by atoms with Gasteiger partial charge in [-0.1, -0.05) is 19.3 Å². The summed E-state index contributed by atoms with van der Waals surface area (Å²) >= 11 is 1.86. The number of thioether (sulfide) groups is 1. The SMILES string of the molecule is CC1(C)CN(C(=O)NC(C(=O)O)C2CCCCC2)CCS1. The fraction of sp³-hybridized carbons (Fsp3) is 0.867. The molecular formula is C15H26N2O3S. The molecule has 1 aliphatic heterocycles. The molecule has 1 saturated heterocycles. The number of hydrogen-bond donors (Lipinski definition) is 2. The van der Waals surface area contributed by atoms with Gasteiger partial charge in [0, 0.05) is 23.6 Å². The molecule has 0 aromatic carbocycles. The van der Waals surface area contributed by atoms with Gasteiger partial charge in [0.25, 0.3) is 0 Å². The molecule has 6 heteroatoms. The molecule has 2 fully saturated rings. The number of carbonyl (C=O) groups excluding carboxylic acids is 1. The van der Waals surface area contributed by atoms with Gasteiger partial charge >= 0.3 is 12.0 Å². The van der Waals surface area contributed by atoms with Crippen molar-refractivity contribution in [2.75, 3.05) is 18.8 Å². The molecule has 2 rings (SSSR count). The highest BCUT2D eigenvalue weighted by molar-refractivity contribution is 8.00. The van der Waals surface area contributed by atoms with Crippen molar-refractivity contribution in [3.05, 3.63) is 0 Å². The first-order valence-corrected chi connectivity index (χ1v) is 8.80. The number of rotatable bonds is 3. The Morgan fingerprint density at radius 2 is 1.95 bits per heavy atom. The Hall–Kier alpha value is -0.910. The standard InChI is InChI=1S/C15H26N2O3S/c1-15(2)10-17(8-9-21-15)14(20)16-12(13(18)19)11-6-4-3-5-7-11/h11-12H,3-10H2,1-2H3,(H,16,20)(H,18,19). The van der Waals surface area contributed by atoms with Crippen LogP contribution in [0.25, 0.3) is 0 Å². The number of carbonyl (C=O) groups is 2. The fourth-order valence-corrected chi connectivity index (χ4v) is 4.37. The van der Waals surface area contributed by atoms with E-state index in [1.54, 1.807) is 4.90 Å². The van der Waals surface area contributed by atoms with E-state index >= 15 is 0 Å². The Labute approximate surface area is 130 Å². The number of hydrogen-bond acceptors (Lipinski definition) is 3. The molecular weight excluding hydrogens is 288 g/mol. The van der Waals surface area contributed by atoms with Gasteiger partial charge in [0.1, 0.15) is 6.04 Å². The van der Waals surface area contributed by atoms with Gasteiger partial charge in [0.2, 0.25) is 0 Å². The third-order valence-electron chi connectivity index (χ3n) is 4.38. The second-order valence-corrected chi connectivity index (χ2v) is 8.50. The lowest BCUT2D eigenvalue weighted by molar-refractivity contribution is -0.141. The topological polar surface area (TPSA) is 69.6 Å². The molecule has 120 valence electrons. The van der Waals surface area contributed by atoms with Crippen molar-refractivity contribution in [2.45, 2.75) is 56.7 Å². The summed E-state index contributed by atoms with van der Waals surface area (Å²) in [6, 6.07) is -0.961. The molecule has 1 heterocycles. The number of amides is 2. The smallest absolute Gasteiger partial charge is 0.326 e. The number of nitrogens with one attached hydrogen (secondary N) is 1.